The van der Waals surface area contributed by atoms with Gasteiger partial charge in [-0.3, -0.25) is 14.4 Å². The third kappa shape index (κ3) is 2.22. The van der Waals surface area contributed by atoms with Gasteiger partial charge in [-0.1, -0.05) is 30.3 Å². The summed E-state index contributed by atoms with van der Waals surface area (Å²) in [6.45, 7) is -0.283. The molecule has 1 aromatic carbocycles. The van der Waals surface area contributed by atoms with Crippen molar-refractivity contribution < 1.29 is 14.7 Å². The molecular formula is C17H14N4O4. The van der Waals surface area contributed by atoms with E-state index in [1.54, 1.807) is 13.1 Å². The summed E-state index contributed by atoms with van der Waals surface area (Å²) in [5.74, 6) is -1.46. The summed E-state index contributed by atoms with van der Waals surface area (Å²) in [5.41, 5.74) is 1.63. The van der Waals surface area contributed by atoms with Gasteiger partial charge in [-0.2, -0.15) is 9.61 Å². The van der Waals surface area contributed by atoms with Gasteiger partial charge >= 0.3 is 5.97 Å². The third-order valence-corrected chi connectivity index (χ3v) is 4.28. The Hall–Kier alpha value is -3.42. The smallest absolute Gasteiger partial charge is 0.323 e. The average Bonchev–Trinajstić information content (AvgIpc) is 3.16. The number of rotatable bonds is 3. The molecule has 0 saturated carbocycles. The van der Waals surface area contributed by atoms with Crippen molar-refractivity contribution in [3.05, 3.63) is 58.0 Å². The molecule has 126 valence electrons. The van der Waals surface area contributed by atoms with Crippen LogP contribution in [0.15, 0.2) is 41.2 Å². The van der Waals surface area contributed by atoms with E-state index in [0.29, 0.717) is 5.69 Å². The van der Waals surface area contributed by atoms with E-state index in [4.69, 9.17) is 0 Å². The van der Waals surface area contributed by atoms with E-state index in [2.05, 4.69) is 5.10 Å². The topological polar surface area (TPSA) is 96.9 Å². The first-order valence-corrected chi connectivity index (χ1v) is 7.65. The summed E-state index contributed by atoms with van der Waals surface area (Å²) in [4.78, 5) is 37.9. The molecule has 0 bridgehead atoms. The van der Waals surface area contributed by atoms with Crippen LogP contribution in [-0.2, 0) is 17.9 Å². The van der Waals surface area contributed by atoms with E-state index in [-0.39, 0.29) is 29.4 Å². The molecule has 8 nitrogen and oxygen atoms in total. The lowest BCUT2D eigenvalue weighted by Gasteiger charge is -2.11. The van der Waals surface area contributed by atoms with Gasteiger partial charge in [0.15, 0.2) is 0 Å². The van der Waals surface area contributed by atoms with Crippen LogP contribution in [0.5, 0.6) is 0 Å². The molecule has 0 fully saturated rings. The molecule has 8 heteroatoms. The van der Waals surface area contributed by atoms with Gasteiger partial charge in [0.25, 0.3) is 11.5 Å². The molecular weight excluding hydrogens is 324 g/mol. The summed E-state index contributed by atoms with van der Waals surface area (Å²) in [6, 6.07) is 10.9. The van der Waals surface area contributed by atoms with E-state index in [0.717, 1.165) is 5.56 Å². The molecule has 4 rings (SSSR count). The predicted molar refractivity (Wildman–Crippen MR) is 88.3 cm³/mol. The van der Waals surface area contributed by atoms with Crippen molar-refractivity contribution in [2.45, 2.75) is 13.1 Å². The van der Waals surface area contributed by atoms with Crippen LogP contribution in [0, 0.1) is 0 Å². The number of aliphatic carboxylic acids is 1. The van der Waals surface area contributed by atoms with Gasteiger partial charge in [0.2, 0.25) is 0 Å². The summed E-state index contributed by atoms with van der Waals surface area (Å²) >= 11 is 0. The lowest BCUT2D eigenvalue weighted by molar-refractivity contribution is -0.137. The number of carboxylic acid groups (broad SMARTS) is 1. The number of nitrogens with zero attached hydrogens (tertiary/aromatic N) is 4. The van der Waals surface area contributed by atoms with Crippen LogP contribution < -0.4 is 5.56 Å². The Morgan fingerprint density at radius 2 is 1.96 bits per heavy atom. The minimum Gasteiger partial charge on any atom is -0.480 e. The standard InChI is InChI=1S/C17H14N4O4/c1-19-8-11-15(17(19)25)20(9-14(22)23)13-7-12(18-21(13)16(11)24)10-5-3-2-4-6-10/h2-7H,8-9H2,1H3,(H,22,23). The Bertz CT molecular complexity index is 1080. The number of carbonyl (C=O) groups excluding carboxylic acids is 1. The molecule has 0 saturated heterocycles. The summed E-state index contributed by atoms with van der Waals surface area (Å²) in [5, 5.41) is 13.6. The Kier molecular flexibility index (Phi) is 3.21. The fourth-order valence-corrected chi connectivity index (χ4v) is 3.14. The summed E-state index contributed by atoms with van der Waals surface area (Å²) < 4.78 is 2.53. The molecule has 3 aromatic rings. The molecule has 0 atom stereocenters. The van der Waals surface area contributed by atoms with Crippen molar-refractivity contribution in [1.82, 2.24) is 19.1 Å². The second-order valence-corrected chi connectivity index (χ2v) is 5.94. The Labute approximate surface area is 141 Å². The zero-order chi connectivity index (χ0) is 17.7. The zero-order valence-corrected chi connectivity index (χ0v) is 13.3. The fraction of sp³-hybridized carbons (Fsp3) is 0.176. The molecule has 1 aliphatic heterocycles. The van der Waals surface area contributed by atoms with Crippen molar-refractivity contribution in [2.24, 2.45) is 0 Å². The van der Waals surface area contributed by atoms with E-state index in [9.17, 15) is 19.5 Å². The second kappa shape index (κ2) is 5.30. The number of carbonyl (C=O) groups is 2. The van der Waals surface area contributed by atoms with E-state index < -0.39 is 18.1 Å². The fourth-order valence-electron chi connectivity index (χ4n) is 3.14. The van der Waals surface area contributed by atoms with Gasteiger partial charge in [-0.15, -0.1) is 0 Å². The van der Waals surface area contributed by atoms with Gasteiger partial charge < -0.3 is 14.6 Å². The Morgan fingerprint density at radius 3 is 2.64 bits per heavy atom. The Balaban J connectivity index is 2.05. The maximum absolute atomic E-state index is 12.8. The highest BCUT2D eigenvalue weighted by Gasteiger charge is 2.33. The van der Waals surface area contributed by atoms with Gasteiger partial charge in [0.1, 0.15) is 17.9 Å². The number of hydrogen-bond donors (Lipinski definition) is 1. The highest BCUT2D eigenvalue weighted by molar-refractivity contribution is 5.97. The van der Waals surface area contributed by atoms with Gasteiger partial charge in [-0.25, -0.2) is 0 Å². The average molecular weight is 338 g/mol. The van der Waals surface area contributed by atoms with Crippen LogP contribution in [0.25, 0.3) is 16.9 Å². The monoisotopic (exact) mass is 338 g/mol. The van der Waals surface area contributed by atoms with Crippen molar-refractivity contribution in [1.29, 1.82) is 0 Å². The maximum atomic E-state index is 12.8. The van der Waals surface area contributed by atoms with Crippen molar-refractivity contribution >= 4 is 17.5 Å². The Morgan fingerprint density at radius 1 is 1.24 bits per heavy atom. The summed E-state index contributed by atoms with van der Waals surface area (Å²) in [6.07, 6.45) is 0. The first-order valence-electron chi connectivity index (χ1n) is 7.65. The second-order valence-electron chi connectivity index (χ2n) is 5.94. The van der Waals surface area contributed by atoms with Crippen LogP contribution in [0.4, 0.5) is 0 Å². The third-order valence-electron chi connectivity index (χ3n) is 4.28. The number of amides is 1. The van der Waals surface area contributed by atoms with Gasteiger partial charge in [0, 0.05) is 18.7 Å². The first-order chi connectivity index (χ1) is 12.0. The molecule has 2 aromatic heterocycles. The number of benzene rings is 1. The largest absolute Gasteiger partial charge is 0.480 e. The van der Waals surface area contributed by atoms with E-state index in [1.807, 2.05) is 30.3 Å². The quantitative estimate of drug-likeness (QED) is 0.763. The van der Waals surface area contributed by atoms with Gasteiger partial charge in [0.05, 0.1) is 17.8 Å². The first kappa shape index (κ1) is 15.1. The molecule has 1 N–H and O–H groups in total. The van der Waals surface area contributed by atoms with Crippen LogP contribution in [0.3, 0.4) is 0 Å². The number of hydrogen-bond acceptors (Lipinski definition) is 4. The lowest BCUT2D eigenvalue weighted by atomic mass is 10.1. The molecule has 3 heterocycles. The van der Waals surface area contributed by atoms with Crippen LogP contribution in [-0.4, -0.2) is 43.1 Å². The SMILES string of the molecule is CN1Cc2c(n(CC(=O)O)c3cc(-c4ccccc4)nn3c2=O)C1=O. The molecule has 0 spiro atoms. The normalized spacial score (nSPS) is 13.5. The zero-order valence-electron chi connectivity index (χ0n) is 13.3. The minimum absolute atomic E-state index is 0.127. The van der Waals surface area contributed by atoms with Crippen molar-refractivity contribution in [3.8, 4) is 11.3 Å². The molecule has 0 aliphatic carbocycles. The van der Waals surface area contributed by atoms with Crippen LogP contribution in [0.2, 0.25) is 0 Å². The lowest BCUT2D eigenvalue weighted by Crippen LogP contribution is -2.27. The number of carboxylic acids is 1. The maximum Gasteiger partial charge on any atom is 0.323 e. The van der Waals surface area contributed by atoms with E-state index >= 15 is 0 Å². The molecule has 0 unspecified atom stereocenters. The highest BCUT2D eigenvalue weighted by atomic mass is 16.4. The van der Waals surface area contributed by atoms with Crippen molar-refractivity contribution in [3.63, 3.8) is 0 Å². The summed E-state index contributed by atoms with van der Waals surface area (Å²) in [7, 11) is 1.57. The minimum atomic E-state index is -1.10. The molecule has 0 radical (unpaired) electrons. The number of fused-ring (bicyclic) bond motifs is 2. The highest BCUT2D eigenvalue weighted by Crippen LogP contribution is 2.24. The van der Waals surface area contributed by atoms with Crippen LogP contribution >= 0.6 is 0 Å². The predicted octanol–water partition coefficient (Wildman–Crippen LogP) is 0.833. The molecule has 1 aliphatic rings. The molecule has 25 heavy (non-hydrogen) atoms. The molecule has 1 amide bonds. The number of aromatic nitrogens is 3. The van der Waals surface area contributed by atoms with E-state index in [1.165, 1.54) is 14.0 Å². The van der Waals surface area contributed by atoms with Crippen LogP contribution in [0.1, 0.15) is 16.1 Å². The van der Waals surface area contributed by atoms with Crippen molar-refractivity contribution in [2.75, 3.05) is 7.05 Å². The van der Waals surface area contributed by atoms with Gasteiger partial charge in [-0.05, 0) is 0 Å².